The maximum Gasteiger partial charge on any atom is 0.323 e. The quantitative estimate of drug-likeness (QED) is 0.700. The predicted octanol–water partition coefficient (Wildman–Crippen LogP) is 0.00970. The number of rotatable bonds is 2. The molecule has 12 heavy (non-hydrogen) atoms. The van der Waals surface area contributed by atoms with E-state index < -0.39 is 12.3 Å². The zero-order valence-corrected chi connectivity index (χ0v) is 8.17. The van der Waals surface area contributed by atoms with Crippen LogP contribution in [0.1, 0.15) is 0 Å². The fraction of sp³-hybridized carbons (Fsp3) is 0.333. The van der Waals surface area contributed by atoms with Gasteiger partial charge in [-0.15, -0.1) is 0 Å². The molecular weight excluding hydrogens is 275 g/mol. The summed E-state index contributed by atoms with van der Waals surface area (Å²) in [4.78, 5) is 15.2. The molecule has 0 bridgehead atoms. The molecule has 5 nitrogen and oxygen atoms in total. The van der Waals surface area contributed by atoms with E-state index in [-0.39, 0.29) is 6.54 Å². The monoisotopic (exact) mass is 282 g/mol. The summed E-state index contributed by atoms with van der Waals surface area (Å²) in [5.41, 5.74) is 0. The summed E-state index contributed by atoms with van der Waals surface area (Å²) >= 11 is 1.94. The van der Waals surface area contributed by atoms with E-state index in [2.05, 4.69) is 4.99 Å². The molecule has 2 N–H and O–H groups in total. The van der Waals surface area contributed by atoms with E-state index in [4.69, 9.17) is 5.11 Å². The molecule has 1 heterocycles. The summed E-state index contributed by atoms with van der Waals surface area (Å²) in [6, 6.07) is 0. The number of allylic oxidation sites excluding steroid dienone is 1. The molecule has 1 rings (SSSR count). The Balaban J connectivity index is 2.60. The Morgan fingerprint density at radius 2 is 2.50 bits per heavy atom. The molecule has 0 aromatic rings. The average molecular weight is 282 g/mol. The second-order valence-electron chi connectivity index (χ2n) is 2.18. The Morgan fingerprint density at radius 3 is 3.00 bits per heavy atom. The molecule has 0 spiro atoms. The summed E-state index contributed by atoms with van der Waals surface area (Å²) < 4.78 is 0.654. The fourth-order valence-electron chi connectivity index (χ4n) is 0.752. The molecule has 0 aliphatic carbocycles. The van der Waals surface area contributed by atoms with Crippen LogP contribution in [-0.4, -0.2) is 37.7 Å². The number of carboxylic acids is 1. The fourth-order valence-corrected chi connectivity index (χ4v) is 1.16. The van der Waals surface area contributed by atoms with Gasteiger partial charge in [0.25, 0.3) is 0 Å². The van der Waals surface area contributed by atoms with Crippen LogP contribution in [0.15, 0.2) is 17.3 Å². The minimum Gasteiger partial charge on any atom is -0.480 e. The van der Waals surface area contributed by atoms with Crippen LogP contribution in [0.25, 0.3) is 0 Å². The van der Waals surface area contributed by atoms with Crippen LogP contribution in [-0.2, 0) is 4.79 Å². The van der Waals surface area contributed by atoms with Gasteiger partial charge < -0.3 is 15.1 Å². The molecule has 6 heteroatoms. The number of aliphatic hydroxyl groups excluding tert-OH is 1. The second kappa shape index (κ2) is 3.85. The molecule has 0 saturated carbocycles. The Bertz CT molecular complexity index is 251. The lowest BCUT2D eigenvalue weighted by Crippen LogP contribution is -2.35. The van der Waals surface area contributed by atoms with Crippen molar-refractivity contribution in [2.75, 3.05) is 6.54 Å². The van der Waals surface area contributed by atoms with E-state index in [0.29, 0.717) is 3.72 Å². The zero-order valence-electron chi connectivity index (χ0n) is 6.01. The molecule has 1 atom stereocenters. The highest BCUT2D eigenvalue weighted by Crippen LogP contribution is 2.09. The van der Waals surface area contributed by atoms with Crippen LogP contribution in [0.2, 0.25) is 0 Å². The average Bonchev–Trinajstić information content (AvgIpc) is 1.94. The van der Waals surface area contributed by atoms with E-state index in [0.717, 1.165) is 0 Å². The molecule has 0 aromatic heterocycles. The van der Waals surface area contributed by atoms with Crippen LogP contribution in [0.3, 0.4) is 0 Å². The van der Waals surface area contributed by atoms with Crippen LogP contribution in [0.4, 0.5) is 0 Å². The van der Waals surface area contributed by atoms with Crippen molar-refractivity contribution in [1.29, 1.82) is 0 Å². The minimum absolute atomic E-state index is 0.245. The van der Waals surface area contributed by atoms with Crippen molar-refractivity contribution in [1.82, 2.24) is 4.90 Å². The largest absolute Gasteiger partial charge is 0.480 e. The number of nitrogens with zero attached hydrogens (tertiary/aromatic N) is 2. The third kappa shape index (κ3) is 2.45. The number of aliphatic hydroxyl groups is 1. The number of carbonyl (C=O) groups is 1. The SMILES string of the molecule is O=C(O)CN1C=CC(I)=NC1O. The lowest BCUT2D eigenvalue weighted by molar-refractivity contribution is -0.139. The molecule has 1 unspecified atom stereocenters. The van der Waals surface area contributed by atoms with Crippen molar-refractivity contribution >= 4 is 32.3 Å². The molecule has 0 aromatic carbocycles. The molecule has 0 radical (unpaired) electrons. The summed E-state index contributed by atoms with van der Waals surface area (Å²) in [7, 11) is 0. The number of aliphatic carboxylic acids is 1. The van der Waals surface area contributed by atoms with Crippen molar-refractivity contribution in [3.63, 3.8) is 0 Å². The third-order valence-corrected chi connectivity index (χ3v) is 1.89. The maximum atomic E-state index is 10.3. The number of aliphatic imine (C=N–C) groups is 1. The highest BCUT2D eigenvalue weighted by atomic mass is 127. The minimum atomic E-state index is -1.07. The van der Waals surface area contributed by atoms with E-state index in [1.807, 2.05) is 22.6 Å². The van der Waals surface area contributed by atoms with Crippen LogP contribution < -0.4 is 0 Å². The second-order valence-corrected chi connectivity index (χ2v) is 3.29. The highest BCUT2D eigenvalue weighted by Gasteiger charge is 2.16. The Labute approximate surface area is 82.5 Å². The van der Waals surface area contributed by atoms with E-state index in [1.54, 1.807) is 6.08 Å². The zero-order chi connectivity index (χ0) is 9.14. The molecule has 0 saturated heterocycles. The number of hydrogen-bond donors (Lipinski definition) is 2. The van der Waals surface area contributed by atoms with Crippen LogP contribution in [0, 0.1) is 0 Å². The van der Waals surface area contributed by atoms with Gasteiger partial charge in [0.1, 0.15) is 10.3 Å². The van der Waals surface area contributed by atoms with Gasteiger partial charge in [0.15, 0.2) is 0 Å². The Hall–Kier alpha value is -0.630. The molecule has 0 fully saturated rings. The van der Waals surface area contributed by atoms with Gasteiger partial charge in [0, 0.05) is 6.20 Å². The molecule has 1 aliphatic heterocycles. The summed E-state index contributed by atoms with van der Waals surface area (Å²) in [5, 5.41) is 17.6. The van der Waals surface area contributed by atoms with Gasteiger partial charge in [-0.2, -0.15) is 0 Å². The van der Waals surface area contributed by atoms with Crippen molar-refractivity contribution in [2.24, 2.45) is 4.99 Å². The van der Waals surface area contributed by atoms with Crippen molar-refractivity contribution in [3.8, 4) is 0 Å². The molecule has 1 aliphatic rings. The molecule has 66 valence electrons. The third-order valence-electron chi connectivity index (χ3n) is 1.26. The Kier molecular flexibility index (Phi) is 3.04. The highest BCUT2D eigenvalue weighted by molar-refractivity contribution is 14.1. The first-order valence-corrected chi connectivity index (χ1v) is 4.24. The lowest BCUT2D eigenvalue weighted by atomic mass is 10.5. The van der Waals surface area contributed by atoms with Gasteiger partial charge in [0.2, 0.25) is 6.35 Å². The van der Waals surface area contributed by atoms with E-state index in [1.165, 1.54) is 11.1 Å². The van der Waals surface area contributed by atoms with Gasteiger partial charge in [0.05, 0.1) is 0 Å². The maximum absolute atomic E-state index is 10.3. The van der Waals surface area contributed by atoms with Gasteiger partial charge in [-0.25, -0.2) is 4.99 Å². The first-order valence-electron chi connectivity index (χ1n) is 3.16. The van der Waals surface area contributed by atoms with E-state index in [9.17, 15) is 9.90 Å². The van der Waals surface area contributed by atoms with Crippen LogP contribution in [0.5, 0.6) is 0 Å². The Morgan fingerprint density at radius 1 is 1.83 bits per heavy atom. The first-order chi connectivity index (χ1) is 5.59. The van der Waals surface area contributed by atoms with Crippen molar-refractivity contribution < 1.29 is 15.0 Å². The number of carboxylic acid groups (broad SMARTS) is 1. The summed E-state index contributed by atoms with van der Waals surface area (Å²) in [6.45, 7) is -0.245. The summed E-state index contributed by atoms with van der Waals surface area (Å²) in [6.07, 6.45) is 2.07. The molecular formula is C6H7IN2O3. The number of hydrogen-bond acceptors (Lipinski definition) is 4. The number of halogens is 1. The first kappa shape index (κ1) is 9.46. The lowest BCUT2D eigenvalue weighted by Gasteiger charge is -2.23. The van der Waals surface area contributed by atoms with E-state index >= 15 is 0 Å². The summed E-state index contributed by atoms with van der Waals surface area (Å²) in [5.74, 6) is -0.995. The standard InChI is InChI=1S/C6H7IN2O3/c7-4-1-2-9(3-5(10)11)6(12)8-4/h1-2,6,12H,3H2,(H,10,11). The smallest absolute Gasteiger partial charge is 0.323 e. The van der Waals surface area contributed by atoms with Crippen molar-refractivity contribution in [3.05, 3.63) is 12.3 Å². The van der Waals surface area contributed by atoms with Crippen LogP contribution >= 0.6 is 22.6 Å². The van der Waals surface area contributed by atoms with Crippen molar-refractivity contribution in [2.45, 2.75) is 6.35 Å². The normalized spacial score (nSPS) is 22.3. The molecule has 0 amide bonds. The van der Waals surface area contributed by atoms with Gasteiger partial charge in [-0.3, -0.25) is 4.79 Å². The predicted molar refractivity (Wildman–Crippen MR) is 50.9 cm³/mol. The van der Waals surface area contributed by atoms with Gasteiger partial charge in [-0.05, 0) is 28.7 Å². The van der Waals surface area contributed by atoms with Gasteiger partial charge in [-0.1, -0.05) is 0 Å². The van der Waals surface area contributed by atoms with Gasteiger partial charge >= 0.3 is 5.97 Å². The topological polar surface area (TPSA) is 73.1 Å².